The van der Waals surface area contributed by atoms with Gasteiger partial charge >= 0.3 is 0 Å². The molecule has 2 N–H and O–H groups in total. The van der Waals surface area contributed by atoms with Gasteiger partial charge in [-0.15, -0.1) is 0 Å². The van der Waals surface area contributed by atoms with Crippen LogP contribution in [0, 0.1) is 5.41 Å². The smallest absolute Gasteiger partial charge is 0.273 e. The van der Waals surface area contributed by atoms with E-state index in [-0.39, 0.29) is 11.4 Å². The van der Waals surface area contributed by atoms with E-state index in [0.717, 1.165) is 0 Å². The Morgan fingerprint density at radius 1 is 1.35 bits per heavy atom. The monoisotopic (exact) mass is 352 g/mol. The number of para-hydroxylation sites is 1. The number of hydrogen-bond acceptors (Lipinski definition) is 5. The highest BCUT2D eigenvalue weighted by molar-refractivity contribution is 7.11. The molecular formula is C15H17ClN4O2S. The number of ether oxygens (including phenoxy) is 1. The summed E-state index contributed by atoms with van der Waals surface area (Å²) in [7, 11) is 1.70. The van der Waals surface area contributed by atoms with Crippen LogP contribution < -0.4 is 10.9 Å². The number of morpholine rings is 1. The third kappa shape index (κ3) is 3.26. The van der Waals surface area contributed by atoms with Crippen molar-refractivity contribution in [2.24, 2.45) is 7.05 Å². The number of nitrogens with one attached hydrogen (secondary N) is 2. The Balaban J connectivity index is 1.95. The van der Waals surface area contributed by atoms with Crippen molar-refractivity contribution in [1.29, 1.82) is 5.41 Å². The van der Waals surface area contributed by atoms with Crippen molar-refractivity contribution in [2.75, 3.05) is 31.6 Å². The Morgan fingerprint density at radius 2 is 2.04 bits per heavy atom. The number of aryl methyl sites for hydroxylation is 1. The van der Waals surface area contributed by atoms with Crippen molar-refractivity contribution in [3.05, 3.63) is 45.2 Å². The molecule has 23 heavy (non-hydrogen) atoms. The second-order valence-corrected chi connectivity index (χ2v) is 6.70. The first-order valence-electron chi connectivity index (χ1n) is 7.21. The summed E-state index contributed by atoms with van der Waals surface area (Å²) in [4.78, 5) is 14.3. The predicted molar refractivity (Wildman–Crippen MR) is 93.5 cm³/mol. The van der Waals surface area contributed by atoms with Gasteiger partial charge in [-0.05, 0) is 23.7 Å². The van der Waals surface area contributed by atoms with Crippen LogP contribution in [-0.4, -0.2) is 41.0 Å². The molecule has 1 saturated heterocycles. The minimum absolute atomic E-state index is 0.180. The maximum atomic E-state index is 12.5. The highest BCUT2D eigenvalue weighted by Crippen LogP contribution is 2.29. The summed E-state index contributed by atoms with van der Waals surface area (Å²) < 4.78 is 6.83. The predicted octanol–water partition coefficient (Wildman–Crippen LogP) is 2.50. The molecule has 0 saturated carbocycles. The van der Waals surface area contributed by atoms with E-state index < -0.39 is 0 Å². The number of hydrogen-bond donors (Lipinski definition) is 2. The first-order valence-corrected chi connectivity index (χ1v) is 8.36. The van der Waals surface area contributed by atoms with Gasteiger partial charge in [-0.3, -0.25) is 14.2 Å². The van der Waals surface area contributed by atoms with Gasteiger partial charge < -0.3 is 15.0 Å². The lowest BCUT2D eigenvalue weighted by atomic mass is 10.2. The second kappa shape index (κ2) is 6.74. The number of halogens is 1. The Bertz CT molecular complexity index is 780. The lowest BCUT2D eigenvalue weighted by Gasteiger charge is -2.28. The van der Waals surface area contributed by atoms with E-state index in [1.807, 2.05) is 23.1 Å². The van der Waals surface area contributed by atoms with E-state index in [2.05, 4.69) is 5.32 Å². The van der Waals surface area contributed by atoms with E-state index >= 15 is 0 Å². The highest BCUT2D eigenvalue weighted by Gasteiger charge is 2.24. The van der Waals surface area contributed by atoms with Crippen LogP contribution in [0.15, 0.2) is 29.1 Å². The van der Waals surface area contributed by atoms with Crippen LogP contribution >= 0.6 is 23.1 Å². The molecule has 122 valence electrons. The molecule has 2 heterocycles. The van der Waals surface area contributed by atoms with Gasteiger partial charge in [0.15, 0.2) is 0 Å². The molecule has 2 aromatic rings. The van der Waals surface area contributed by atoms with Crippen LogP contribution in [0.5, 0.6) is 0 Å². The lowest BCUT2D eigenvalue weighted by Crippen LogP contribution is -2.42. The quantitative estimate of drug-likeness (QED) is 0.657. The van der Waals surface area contributed by atoms with Gasteiger partial charge in [-0.1, -0.05) is 23.7 Å². The van der Waals surface area contributed by atoms with Gasteiger partial charge in [0.1, 0.15) is 16.4 Å². The normalized spacial score (nSPS) is 14.8. The van der Waals surface area contributed by atoms with Crippen LogP contribution in [0.3, 0.4) is 0 Å². The summed E-state index contributed by atoms with van der Waals surface area (Å²) in [5.74, 6) is 0.227. The molecule has 1 aliphatic heterocycles. The van der Waals surface area contributed by atoms with Gasteiger partial charge in [0, 0.05) is 20.1 Å². The number of benzene rings is 1. The second-order valence-electron chi connectivity index (χ2n) is 5.15. The molecule has 0 unspecified atom stereocenters. The van der Waals surface area contributed by atoms with E-state index in [1.165, 1.54) is 15.5 Å². The average molecular weight is 353 g/mol. The molecule has 1 fully saturated rings. The van der Waals surface area contributed by atoms with Crippen LogP contribution in [0.1, 0.15) is 5.56 Å². The number of anilines is 2. The summed E-state index contributed by atoms with van der Waals surface area (Å²) >= 11 is 7.45. The van der Waals surface area contributed by atoms with Crippen LogP contribution in [0.25, 0.3) is 0 Å². The third-order valence-electron chi connectivity index (χ3n) is 3.64. The molecule has 0 radical (unpaired) electrons. The molecule has 1 aromatic carbocycles. The van der Waals surface area contributed by atoms with Crippen molar-refractivity contribution < 1.29 is 4.74 Å². The van der Waals surface area contributed by atoms with E-state index in [0.29, 0.717) is 47.6 Å². The summed E-state index contributed by atoms with van der Waals surface area (Å²) in [6.45, 7) is 2.37. The van der Waals surface area contributed by atoms with Gasteiger partial charge in [0.25, 0.3) is 5.56 Å². The number of rotatable bonds is 3. The molecule has 1 aromatic heterocycles. The topological polar surface area (TPSA) is 70.3 Å². The van der Waals surface area contributed by atoms with Gasteiger partial charge in [0.05, 0.1) is 23.9 Å². The highest BCUT2D eigenvalue weighted by atomic mass is 35.5. The molecule has 0 aliphatic carbocycles. The molecule has 0 spiro atoms. The first-order chi connectivity index (χ1) is 11.1. The van der Waals surface area contributed by atoms with E-state index in [9.17, 15) is 4.79 Å². The average Bonchev–Trinajstić information content (AvgIpc) is 2.84. The molecule has 3 rings (SSSR count). The number of nitrogens with zero attached hydrogens (tertiary/aromatic N) is 2. The Morgan fingerprint density at radius 3 is 2.74 bits per heavy atom. The fourth-order valence-corrected chi connectivity index (χ4v) is 3.46. The number of amidine groups is 1. The molecule has 0 amide bonds. The van der Waals surface area contributed by atoms with Crippen LogP contribution in [0.2, 0.25) is 5.02 Å². The summed E-state index contributed by atoms with van der Waals surface area (Å²) in [5, 5.41) is 12.8. The lowest BCUT2D eigenvalue weighted by molar-refractivity contribution is 0.0679. The van der Waals surface area contributed by atoms with Gasteiger partial charge in [-0.2, -0.15) is 0 Å². The molecule has 1 aliphatic rings. The fourth-order valence-electron chi connectivity index (χ4n) is 2.40. The van der Waals surface area contributed by atoms with Crippen molar-refractivity contribution in [2.45, 2.75) is 0 Å². The minimum atomic E-state index is -0.180. The zero-order valence-corrected chi connectivity index (χ0v) is 14.2. The van der Waals surface area contributed by atoms with E-state index in [4.69, 9.17) is 21.7 Å². The SMILES string of the molecule is Cn1sc(Nc2ccccc2Cl)c(C(=N)N2CCOCC2)c1=O. The maximum Gasteiger partial charge on any atom is 0.273 e. The third-order valence-corrected chi connectivity index (χ3v) is 4.90. The largest absolute Gasteiger partial charge is 0.378 e. The Hall–Kier alpha value is -1.83. The standard InChI is InChI=1S/C15H17ClN4O2S/c1-19-15(21)12(13(17)20-6-8-22-9-7-20)14(23-19)18-11-5-3-2-4-10(11)16/h2-5,17-18H,6-9H2,1H3. The Labute approximate surface area is 142 Å². The first kappa shape index (κ1) is 16.0. The zero-order chi connectivity index (χ0) is 16.4. The molecule has 8 heteroatoms. The van der Waals surface area contributed by atoms with E-state index in [1.54, 1.807) is 13.1 Å². The van der Waals surface area contributed by atoms with Crippen molar-refractivity contribution in [3.63, 3.8) is 0 Å². The summed E-state index contributed by atoms with van der Waals surface area (Å²) in [6, 6.07) is 7.34. The minimum Gasteiger partial charge on any atom is -0.378 e. The fraction of sp³-hybridized carbons (Fsp3) is 0.333. The molecular weight excluding hydrogens is 336 g/mol. The van der Waals surface area contributed by atoms with Crippen molar-refractivity contribution in [1.82, 2.24) is 8.86 Å². The van der Waals surface area contributed by atoms with Gasteiger partial charge in [-0.25, -0.2) is 0 Å². The van der Waals surface area contributed by atoms with Crippen molar-refractivity contribution in [3.8, 4) is 0 Å². The van der Waals surface area contributed by atoms with Crippen LogP contribution in [-0.2, 0) is 11.8 Å². The summed E-state index contributed by atoms with van der Waals surface area (Å²) in [5.41, 5.74) is 0.910. The summed E-state index contributed by atoms with van der Waals surface area (Å²) in [6.07, 6.45) is 0. The molecule has 0 atom stereocenters. The van der Waals surface area contributed by atoms with Gasteiger partial charge in [0.2, 0.25) is 0 Å². The molecule has 0 bridgehead atoms. The molecule has 6 nitrogen and oxygen atoms in total. The van der Waals surface area contributed by atoms with Crippen molar-refractivity contribution >= 4 is 39.7 Å². The number of aromatic nitrogens is 1. The Kier molecular flexibility index (Phi) is 4.70. The maximum absolute atomic E-state index is 12.5. The van der Waals surface area contributed by atoms with Crippen LogP contribution in [0.4, 0.5) is 10.7 Å². The zero-order valence-electron chi connectivity index (χ0n) is 12.6.